The topological polar surface area (TPSA) is 32.7 Å². The molecule has 5 heteroatoms. The third-order valence-electron chi connectivity index (χ3n) is 3.02. The third-order valence-corrected chi connectivity index (χ3v) is 4.40. The van der Waals surface area contributed by atoms with Gasteiger partial charge in [-0.3, -0.25) is 4.79 Å². The van der Waals surface area contributed by atoms with Crippen LogP contribution in [0.2, 0.25) is 0 Å². The van der Waals surface area contributed by atoms with Crippen molar-refractivity contribution >= 4 is 34.3 Å². The van der Waals surface area contributed by atoms with Gasteiger partial charge in [-0.1, -0.05) is 0 Å². The van der Waals surface area contributed by atoms with Gasteiger partial charge in [0.1, 0.15) is 0 Å². The van der Waals surface area contributed by atoms with Gasteiger partial charge in [0.05, 0.1) is 11.8 Å². The van der Waals surface area contributed by atoms with E-state index in [0.717, 1.165) is 17.7 Å². The van der Waals surface area contributed by atoms with E-state index < -0.39 is 0 Å². The number of rotatable bonds is 2. The first kappa shape index (κ1) is 11.6. The van der Waals surface area contributed by atoms with Crippen LogP contribution in [0.3, 0.4) is 0 Å². The standard InChI is InChI=1S/C13H12N2OS2/c1-9(16)15-13(11-3-5-18-8-11)6-12(14-15)10-2-4-17-7-10/h2-5,7-8,13H,6H2,1H3/t13-/m0/s1. The number of amides is 1. The number of thiophene rings is 2. The Hall–Kier alpha value is -1.46. The SMILES string of the molecule is CC(=O)N1N=C(c2ccsc2)C[C@H]1c1ccsc1. The summed E-state index contributed by atoms with van der Waals surface area (Å²) in [6.07, 6.45) is 0.799. The number of hydrogen-bond acceptors (Lipinski definition) is 4. The summed E-state index contributed by atoms with van der Waals surface area (Å²) in [7, 11) is 0. The number of carbonyl (C=O) groups is 1. The zero-order valence-electron chi connectivity index (χ0n) is 9.87. The highest BCUT2D eigenvalue weighted by atomic mass is 32.1. The molecule has 3 heterocycles. The van der Waals surface area contributed by atoms with Crippen LogP contribution in [0, 0.1) is 0 Å². The lowest BCUT2D eigenvalue weighted by Gasteiger charge is -2.18. The number of hydrogen-bond donors (Lipinski definition) is 0. The highest BCUT2D eigenvalue weighted by Crippen LogP contribution is 2.33. The number of carbonyl (C=O) groups excluding carboxylic acids is 1. The van der Waals surface area contributed by atoms with Crippen LogP contribution in [0.5, 0.6) is 0 Å². The summed E-state index contributed by atoms with van der Waals surface area (Å²) in [5, 5.41) is 14.3. The largest absolute Gasteiger partial charge is 0.273 e. The van der Waals surface area contributed by atoms with Gasteiger partial charge in [0, 0.05) is 18.9 Å². The Labute approximate surface area is 113 Å². The van der Waals surface area contributed by atoms with Gasteiger partial charge in [0.25, 0.3) is 0 Å². The minimum Gasteiger partial charge on any atom is -0.273 e. The second kappa shape index (κ2) is 4.66. The fraction of sp³-hybridized carbons (Fsp3) is 0.231. The first-order valence-electron chi connectivity index (χ1n) is 5.67. The molecule has 18 heavy (non-hydrogen) atoms. The molecule has 0 aliphatic carbocycles. The molecule has 92 valence electrons. The molecule has 1 aliphatic heterocycles. The predicted octanol–water partition coefficient (Wildman–Crippen LogP) is 3.51. The smallest absolute Gasteiger partial charge is 0.240 e. The van der Waals surface area contributed by atoms with Crippen LogP contribution in [-0.4, -0.2) is 16.6 Å². The molecule has 3 nitrogen and oxygen atoms in total. The second-order valence-corrected chi connectivity index (χ2v) is 5.76. The van der Waals surface area contributed by atoms with E-state index in [1.165, 1.54) is 5.56 Å². The summed E-state index contributed by atoms with van der Waals surface area (Å²) in [5.74, 6) is -0.00331. The van der Waals surface area contributed by atoms with Gasteiger partial charge in [-0.05, 0) is 39.2 Å². The van der Waals surface area contributed by atoms with Crippen molar-refractivity contribution < 1.29 is 4.79 Å². The molecule has 2 aromatic rings. The minimum atomic E-state index is -0.00331. The summed E-state index contributed by atoms with van der Waals surface area (Å²) < 4.78 is 0. The minimum absolute atomic E-state index is 0.00331. The van der Waals surface area contributed by atoms with Crippen molar-refractivity contribution in [2.24, 2.45) is 5.10 Å². The lowest BCUT2D eigenvalue weighted by atomic mass is 10.0. The molecule has 3 rings (SSSR count). The van der Waals surface area contributed by atoms with Gasteiger partial charge in [0.2, 0.25) is 5.91 Å². The van der Waals surface area contributed by atoms with Crippen molar-refractivity contribution in [3.8, 4) is 0 Å². The fourth-order valence-electron chi connectivity index (χ4n) is 2.13. The lowest BCUT2D eigenvalue weighted by molar-refractivity contribution is -0.130. The second-order valence-electron chi connectivity index (χ2n) is 4.20. The van der Waals surface area contributed by atoms with Crippen LogP contribution in [-0.2, 0) is 4.79 Å². The van der Waals surface area contributed by atoms with Crippen LogP contribution in [0.15, 0.2) is 38.8 Å². The Morgan fingerprint density at radius 2 is 2.11 bits per heavy atom. The van der Waals surface area contributed by atoms with Crippen molar-refractivity contribution in [2.45, 2.75) is 19.4 Å². The average molecular weight is 276 g/mol. The van der Waals surface area contributed by atoms with Crippen LogP contribution < -0.4 is 0 Å². The molecule has 0 aromatic carbocycles. The molecular weight excluding hydrogens is 264 g/mol. The van der Waals surface area contributed by atoms with Crippen LogP contribution in [0.4, 0.5) is 0 Å². The van der Waals surface area contributed by atoms with E-state index in [1.54, 1.807) is 34.6 Å². The first-order chi connectivity index (χ1) is 8.75. The summed E-state index contributed by atoms with van der Waals surface area (Å²) in [4.78, 5) is 11.7. The maximum Gasteiger partial charge on any atom is 0.240 e. The van der Waals surface area contributed by atoms with Gasteiger partial charge >= 0.3 is 0 Å². The third kappa shape index (κ3) is 2.00. The molecule has 1 atom stereocenters. The highest BCUT2D eigenvalue weighted by molar-refractivity contribution is 7.08. The summed E-state index contributed by atoms with van der Waals surface area (Å²) in [5.41, 5.74) is 3.30. The molecule has 0 saturated carbocycles. The van der Waals surface area contributed by atoms with E-state index >= 15 is 0 Å². The van der Waals surface area contributed by atoms with Crippen LogP contribution >= 0.6 is 22.7 Å². The van der Waals surface area contributed by atoms with Crippen LogP contribution in [0.25, 0.3) is 0 Å². The molecule has 0 bridgehead atoms. The van der Waals surface area contributed by atoms with Crippen LogP contribution in [0.1, 0.15) is 30.5 Å². The van der Waals surface area contributed by atoms with Gasteiger partial charge < -0.3 is 0 Å². The van der Waals surface area contributed by atoms with Gasteiger partial charge in [0.15, 0.2) is 0 Å². The van der Waals surface area contributed by atoms with E-state index in [1.807, 2.05) is 10.8 Å². The van der Waals surface area contributed by atoms with Crippen molar-refractivity contribution in [3.05, 3.63) is 44.8 Å². The molecule has 1 amide bonds. The van der Waals surface area contributed by atoms with Gasteiger partial charge in [-0.25, -0.2) is 5.01 Å². The Morgan fingerprint density at radius 1 is 1.33 bits per heavy atom. The highest BCUT2D eigenvalue weighted by Gasteiger charge is 2.31. The number of hydrazone groups is 1. The van der Waals surface area contributed by atoms with E-state index in [4.69, 9.17) is 0 Å². The first-order valence-corrected chi connectivity index (χ1v) is 7.56. The van der Waals surface area contributed by atoms with E-state index in [-0.39, 0.29) is 11.9 Å². The molecule has 0 unspecified atom stereocenters. The molecule has 2 aromatic heterocycles. The Morgan fingerprint density at radius 3 is 2.72 bits per heavy atom. The van der Waals surface area contributed by atoms with E-state index in [0.29, 0.717) is 0 Å². The predicted molar refractivity (Wildman–Crippen MR) is 75.1 cm³/mol. The zero-order valence-corrected chi connectivity index (χ0v) is 11.5. The fourth-order valence-corrected chi connectivity index (χ4v) is 3.50. The molecule has 0 saturated heterocycles. The molecule has 1 aliphatic rings. The molecule has 0 N–H and O–H groups in total. The quantitative estimate of drug-likeness (QED) is 0.826. The Balaban J connectivity index is 1.93. The number of nitrogens with zero attached hydrogens (tertiary/aromatic N) is 2. The molecular formula is C13H12N2OS2. The van der Waals surface area contributed by atoms with E-state index in [2.05, 4.69) is 28.0 Å². The zero-order chi connectivity index (χ0) is 12.5. The Kier molecular flexibility index (Phi) is 3.01. The molecule has 0 radical (unpaired) electrons. The van der Waals surface area contributed by atoms with Crippen molar-refractivity contribution in [3.63, 3.8) is 0 Å². The van der Waals surface area contributed by atoms with E-state index in [9.17, 15) is 4.79 Å². The van der Waals surface area contributed by atoms with Gasteiger partial charge in [-0.15, -0.1) is 0 Å². The monoisotopic (exact) mass is 276 g/mol. The maximum atomic E-state index is 11.7. The maximum absolute atomic E-state index is 11.7. The lowest BCUT2D eigenvalue weighted by Crippen LogP contribution is -2.23. The summed E-state index contributed by atoms with van der Waals surface area (Å²) in [6, 6.07) is 4.18. The van der Waals surface area contributed by atoms with Crippen molar-refractivity contribution in [1.82, 2.24) is 5.01 Å². The average Bonchev–Trinajstić information content (AvgIpc) is 3.10. The molecule has 0 spiro atoms. The summed E-state index contributed by atoms with van der Waals surface area (Å²) in [6.45, 7) is 1.57. The van der Waals surface area contributed by atoms with Gasteiger partial charge in [-0.2, -0.15) is 27.8 Å². The van der Waals surface area contributed by atoms with Crippen molar-refractivity contribution in [1.29, 1.82) is 0 Å². The normalized spacial score (nSPS) is 19.1. The Bertz CT molecular complexity index is 572. The molecule has 0 fully saturated rings. The summed E-state index contributed by atoms with van der Waals surface area (Å²) >= 11 is 3.30. The van der Waals surface area contributed by atoms with Crippen molar-refractivity contribution in [2.75, 3.05) is 0 Å².